The Morgan fingerprint density at radius 3 is 2.37 bits per heavy atom. The number of nitrogens with zero attached hydrogens (tertiary/aromatic N) is 2. The van der Waals surface area contributed by atoms with Crippen LogP contribution in [-0.4, -0.2) is 49.1 Å². The van der Waals surface area contributed by atoms with Gasteiger partial charge in [0, 0.05) is 46.8 Å². The number of anilines is 1. The fraction of sp³-hybridized carbons (Fsp3) is 0.484. The molecule has 0 amide bonds. The normalized spacial score (nSPS) is 24.1. The molecule has 7 nitrogen and oxygen atoms in total. The van der Waals surface area contributed by atoms with E-state index in [9.17, 15) is 13.2 Å². The first-order chi connectivity index (χ1) is 19.8. The van der Waals surface area contributed by atoms with Crippen LogP contribution in [0.25, 0.3) is 11.3 Å². The van der Waals surface area contributed by atoms with Crippen molar-refractivity contribution in [2.24, 2.45) is 5.92 Å². The molecule has 41 heavy (non-hydrogen) atoms. The van der Waals surface area contributed by atoms with Crippen LogP contribution in [0.15, 0.2) is 47.0 Å². The van der Waals surface area contributed by atoms with Gasteiger partial charge >= 0.3 is 0 Å². The maximum Gasteiger partial charge on any atom is 0.177 e. The number of fused-ring (bicyclic) bond motifs is 2. The molecule has 3 atom stereocenters. The second-order valence-electron chi connectivity index (χ2n) is 12.0. The Kier molecular flexibility index (Phi) is 7.17. The summed E-state index contributed by atoms with van der Waals surface area (Å²) in [6.07, 6.45) is 6.54. The summed E-state index contributed by atoms with van der Waals surface area (Å²) in [4.78, 5) is 15.0. The van der Waals surface area contributed by atoms with Crippen molar-refractivity contribution < 1.29 is 22.5 Å². The van der Waals surface area contributed by atoms with E-state index in [2.05, 4.69) is 10.1 Å². The van der Waals surface area contributed by atoms with Gasteiger partial charge in [-0.15, -0.1) is 0 Å². The minimum Gasteiger partial charge on any atom is -0.373 e. The number of aromatic nitrogens is 1. The molecule has 1 aromatic heterocycles. The summed E-state index contributed by atoms with van der Waals surface area (Å²) < 4.78 is 37.2. The summed E-state index contributed by atoms with van der Waals surface area (Å²) in [6, 6.07) is 13.2. The van der Waals surface area contributed by atoms with E-state index >= 15 is 0 Å². The number of carbonyl (C=O) groups excluding carboxylic acids is 1. The number of halogens is 2. The van der Waals surface area contributed by atoms with Gasteiger partial charge in [-0.25, -0.2) is 8.42 Å². The van der Waals surface area contributed by atoms with Gasteiger partial charge in [0.1, 0.15) is 17.2 Å². The lowest BCUT2D eigenvalue weighted by Gasteiger charge is -2.33. The number of rotatable bonds is 10. The first-order valence-electron chi connectivity index (χ1n) is 14.4. The zero-order valence-corrected chi connectivity index (χ0v) is 24.9. The van der Waals surface area contributed by atoms with E-state index in [4.69, 9.17) is 32.5 Å². The molecule has 0 radical (unpaired) electrons. The third kappa shape index (κ3) is 5.22. The van der Waals surface area contributed by atoms with Crippen LogP contribution < -0.4 is 4.90 Å². The minimum absolute atomic E-state index is 0.130. The largest absolute Gasteiger partial charge is 0.373 e. The Morgan fingerprint density at radius 1 is 1.02 bits per heavy atom. The third-order valence-electron chi connectivity index (χ3n) is 9.30. The van der Waals surface area contributed by atoms with Gasteiger partial charge in [0.25, 0.3) is 0 Å². The number of sulfone groups is 1. The van der Waals surface area contributed by atoms with Crippen molar-refractivity contribution in [3.05, 3.63) is 69.4 Å². The van der Waals surface area contributed by atoms with Crippen molar-refractivity contribution in [1.82, 2.24) is 5.16 Å². The molecule has 2 heterocycles. The van der Waals surface area contributed by atoms with Crippen LogP contribution >= 0.6 is 23.2 Å². The first kappa shape index (κ1) is 27.4. The molecule has 2 aromatic carbocycles. The fourth-order valence-electron chi connectivity index (χ4n) is 6.62. The molecular formula is C31H32Cl2N2O5S. The number of carbonyl (C=O) groups is 1. The number of hydrogen-bond donors (Lipinski definition) is 0. The second kappa shape index (κ2) is 10.7. The SMILES string of the molecule is O=C(CS(=O)(=O)C1CCC1)c1ccc(N2C[C@@H]3C[C@H]2C[C@H]3OCc2c(-c3c(Cl)cccc3Cl)noc2C2CC2)cc1. The van der Waals surface area contributed by atoms with E-state index in [0.29, 0.717) is 64.2 Å². The van der Waals surface area contributed by atoms with Crippen LogP contribution in [0.3, 0.4) is 0 Å². The van der Waals surface area contributed by atoms with Gasteiger partial charge in [0.2, 0.25) is 0 Å². The van der Waals surface area contributed by atoms with Crippen molar-refractivity contribution in [2.75, 3.05) is 17.2 Å². The smallest absolute Gasteiger partial charge is 0.177 e. The third-order valence-corrected chi connectivity index (χ3v) is 12.1. The standard InChI is InChI=1S/C31H32Cl2N2O5S/c32-25-5-2-6-26(33)29(25)30-24(31(40-34-30)19-7-8-19)16-39-28-14-22-13-20(28)15-35(22)21-11-9-18(10-12-21)27(36)17-41(37,38)23-3-1-4-23/h2,5-6,9-12,19-20,22-23,28H,1,3-4,7-8,13-17H2/t20-,22-,28+/m0/s1. The zero-order chi connectivity index (χ0) is 28.3. The summed E-state index contributed by atoms with van der Waals surface area (Å²) in [5.74, 6) is 0.932. The molecule has 4 aliphatic rings. The number of ketones is 1. The predicted octanol–water partition coefficient (Wildman–Crippen LogP) is 6.86. The molecule has 0 N–H and O–H groups in total. The van der Waals surface area contributed by atoms with Crippen LogP contribution in [0.4, 0.5) is 5.69 Å². The molecule has 4 fully saturated rings. The number of hydrogen-bond acceptors (Lipinski definition) is 7. The van der Waals surface area contributed by atoms with Crippen molar-refractivity contribution >= 4 is 44.5 Å². The molecule has 1 saturated heterocycles. The molecule has 1 aliphatic heterocycles. The van der Waals surface area contributed by atoms with Crippen molar-refractivity contribution in [3.8, 4) is 11.3 Å². The van der Waals surface area contributed by atoms with Gasteiger partial charge < -0.3 is 14.2 Å². The fourth-order valence-corrected chi connectivity index (χ4v) is 9.01. The minimum atomic E-state index is -3.36. The molecule has 7 rings (SSSR count). The highest BCUT2D eigenvalue weighted by Crippen LogP contribution is 2.47. The van der Waals surface area contributed by atoms with Crippen molar-refractivity contribution in [3.63, 3.8) is 0 Å². The Bertz CT molecular complexity index is 1560. The van der Waals surface area contributed by atoms with E-state index in [-0.39, 0.29) is 17.1 Å². The lowest BCUT2D eigenvalue weighted by Crippen LogP contribution is -2.38. The van der Waals surface area contributed by atoms with E-state index < -0.39 is 15.6 Å². The number of Topliss-reactive ketones (excluding diaryl/α,β-unsaturated/α-hetero) is 1. The molecular weight excluding hydrogens is 583 g/mol. The molecule has 0 unspecified atom stereocenters. The Balaban J connectivity index is 1.00. The Hall–Kier alpha value is -2.39. The highest BCUT2D eigenvalue weighted by atomic mass is 35.5. The van der Waals surface area contributed by atoms with E-state index in [1.807, 2.05) is 30.3 Å². The number of benzene rings is 2. The van der Waals surface area contributed by atoms with Gasteiger partial charge in [-0.05, 0) is 74.9 Å². The molecule has 216 valence electrons. The van der Waals surface area contributed by atoms with Crippen LogP contribution in [0, 0.1) is 5.92 Å². The predicted molar refractivity (Wildman–Crippen MR) is 159 cm³/mol. The molecule has 3 saturated carbocycles. The summed E-state index contributed by atoms with van der Waals surface area (Å²) in [7, 11) is -3.36. The van der Waals surface area contributed by atoms with Gasteiger partial charge in [-0.2, -0.15) is 0 Å². The lowest BCUT2D eigenvalue weighted by molar-refractivity contribution is 0.0122. The van der Waals surface area contributed by atoms with E-state index in [1.165, 1.54) is 0 Å². The van der Waals surface area contributed by atoms with Crippen LogP contribution in [-0.2, 0) is 21.2 Å². The maximum absolute atomic E-state index is 12.7. The van der Waals surface area contributed by atoms with Gasteiger partial charge in [-0.3, -0.25) is 4.79 Å². The van der Waals surface area contributed by atoms with Crippen LogP contribution in [0.1, 0.15) is 72.5 Å². The highest BCUT2D eigenvalue weighted by molar-refractivity contribution is 7.92. The summed E-state index contributed by atoms with van der Waals surface area (Å²) in [5.41, 5.74) is 3.81. The highest BCUT2D eigenvalue weighted by Gasteiger charge is 2.46. The molecule has 3 aliphatic carbocycles. The first-order valence-corrected chi connectivity index (χ1v) is 16.9. The average Bonchev–Trinajstić information content (AvgIpc) is 3.36. The summed E-state index contributed by atoms with van der Waals surface area (Å²) in [5, 5.41) is 5.12. The Morgan fingerprint density at radius 2 is 1.76 bits per heavy atom. The summed E-state index contributed by atoms with van der Waals surface area (Å²) in [6.45, 7) is 1.28. The monoisotopic (exact) mass is 614 g/mol. The van der Waals surface area contributed by atoms with Gasteiger partial charge in [0.05, 0.1) is 28.0 Å². The maximum atomic E-state index is 12.7. The van der Waals surface area contributed by atoms with E-state index in [1.54, 1.807) is 12.1 Å². The van der Waals surface area contributed by atoms with Crippen molar-refractivity contribution in [1.29, 1.82) is 0 Å². The molecule has 3 aromatic rings. The molecule has 10 heteroatoms. The van der Waals surface area contributed by atoms with Gasteiger partial charge in [-0.1, -0.05) is 40.8 Å². The van der Waals surface area contributed by atoms with E-state index in [0.717, 1.165) is 55.7 Å². The average molecular weight is 616 g/mol. The quantitative estimate of drug-likeness (QED) is 0.230. The summed E-state index contributed by atoms with van der Waals surface area (Å²) >= 11 is 13.0. The number of piperidine rings is 1. The van der Waals surface area contributed by atoms with Crippen LogP contribution in [0.5, 0.6) is 0 Å². The zero-order valence-electron chi connectivity index (χ0n) is 22.6. The molecule has 2 bridgehead atoms. The van der Waals surface area contributed by atoms with Crippen LogP contribution in [0.2, 0.25) is 10.0 Å². The lowest BCUT2D eigenvalue weighted by atomic mass is 10.00. The number of ether oxygens (including phenoxy) is 1. The van der Waals surface area contributed by atoms with Crippen molar-refractivity contribution in [2.45, 2.75) is 74.9 Å². The Labute approximate surface area is 250 Å². The molecule has 0 spiro atoms. The topological polar surface area (TPSA) is 89.7 Å². The second-order valence-corrected chi connectivity index (χ2v) is 15.1. The van der Waals surface area contributed by atoms with Gasteiger partial charge in [0.15, 0.2) is 15.6 Å².